The lowest BCUT2D eigenvalue weighted by atomic mass is 10.1. The van der Waals surface area contributed by atoms with Gasteiger partial charge < -0.3 is 14.2 Å². The highest BCUT2D eigenvalue weighted by molar-refractivity contribution is 9.10. The molecule has 1 heterocycles. The second-order valence-electron chi connectivity index (χ2n) is 8.10. The lowest BCUT2D eigenvalue weighted by molar-refractivity contribution is -0.303. The van der Waals surface area contributed by atoms with Crippen LogP contribution in [0.25, 0.3) is 0 Å². The first-order valence-electron chi connectivity index (χ1n) is 8.98. The Hall–Kier alpha value is -1.00. The molecule has 0 amide bonds. The first-order valence-corrected chi connectivity index (χ1v) is 11.2. The summed E-state index contributed by atoms with van der Waals surface area (Å²) in [7, 11) is -3.91. The normalized spacial score (nSPS) is 22.6. The first kappa shape index (κ1) is 23.3. The molecule has 0 radical (unpaired) electrons. The molecule has 1 aliphatic rings. The number of benzene rings is 1. The highest BCUT2D eigenvalue weighted by Crippen LogP contribution is 2.30. The van der Waals surface area contributed by atoms with Gasteiger partial charge in [0.2, 0.25) is 0 Å². The first-order chi connectivity index (χ1) is 12.8. The molecule has 1 aromatic carbocycles. The van der Waals surface area contributed by atoms with Gasteiger partial charge in [0.25, 0.3) is 10.1 Å². The third-order valence-electron chi connectivity index (χ3n) is 3.75. The number of carbonyl (C=O) groups is 1. The average Bonchev–Trinajstić information content (AvgIpc) is 2.50. The molecule has 9 heteroatoms. The summed E-state index contributed by atoms with van der Waals surface area (Å²) in [5.41, 5.74) is -0.584. The number of rotatable bonds is 6. The van der Waals surface area contributed by atoms with Crippen LogP contribution in [-0.2, 0) is 33.3 Å². The summed E-state index contributed by atoms with van der Waals surface area (Å²) in [5, 5.41) is 0. The molecule has 28 heavy (non-hydrogen) atoms. The molecule has 0 bridgehead atoms. The molecule has 0 spiro atoms. The van der Waals surface area contributed by atoms with E-state index in [1.54, 1.807) is 46.8 Å². The van der Waals surface area contributed by atoms with Crippen molar-refractivity contribution in [2.75, 3.05) is 6.61 Å². The van der Waals surface area contributed by atoms with E-state index in [4.69, 9.17) is 18.4 Å². The van der Waals surface area contributed by atoms with Gasteiger partial charge in [-0.1, -0.05) is 15.9 Å². The van der Waals surface area contributed by atoms with Crippen LogP contribution in [0.1, 0.15) is 47.5 Å². The Morgan fingerprint density at radius 3 is 2.32 bits per heavy atom. The molecule has 0 aromatic heterocycles. The average molecular weight is 479 g/mol. The summed E-state index contributed by atoms with van der Waals surface area (Å²) in [4.78, 5) is 12.2. The van der Waals surface area contributed by atoms with Gasteiger partial charge in [-0.05, 0) is 58.9 Å². The number of hydrogen-bond donors (Lipinski definition) is 0. The number of carbonyl (C=O) groups excluding carboxylic acids is 1. The monoisotopic (exact) mass is 478 g/mol. The molecular weight excluding hydrogens is 452 g/mol. The molecule has 1 aromatic rings. The zero-order valence-electron chi connectivity index (χ0n) is 16.7. The second-order valence-corrected chi connectivity index (χ2v) is 10.6. The highest BCUT2D eigenvalue weighted by Gasteiger charge is 2.38. The van der Waals surface area contributed by atoms with Crippen LogP contribution in [-0.4, -0.2) is 44.6 Å². The van der Waals surface area contributed by atoms with Crippen LogP contribution in [0.5, 0.6) is 0 Å². The zero-order valence-corrected chi connectivity index (χ0v) is 19.1. The van der Waals surface area contributed by atoms with E-state index in [1.165, 1.54) is 12.1 Å². The maximum atomic E-state index is 12.4. The Labute approximate surface area is 174 Å². The summed E-state index contributed by atoms with van der Waals surface area (Å²) < 4.78 is 47.6. The van der Waals surface area contributed by atoms with Crippen LogP contribution in [0.4, 0.5) is 0 Å². The van der Waals surface area contributed by atoms with Gasteiger partial charge in [0, 0.05) is 10.9 Å². The third-order valence-corrected chi connectivity index (χ3v) is 5.58. The standard InChI is InChI=1S/C19H27BrO7S/c1-18(2,3)27-17(21)11-14-10-15(26-19(4,5)25-14)12-24-28(22,23)16-8-6-13(20)7-9-16/h6-9,14-15H,10-12H2,1-5H3/t14-,15+/m0/s1. The van der Waals surface area contributed by atoms with Gasteiger partial charge in [-0.15, -0.1) is 0 Å². The minimum atomic E-state index is -3.91. The van der Waals surface area contributed by atoms with Gasteiger partial charge in [-0.3, -0.25) is 8.98 Å². The van der Waals surface area contributed by atoms with E-state index in [-0.39, 0.29) is 23.9 Å². The Kier molecular flexibility index (Phi) is 7.31. The molecule has 0 unspecified atom stereocenters. The lowest BCUT2D eigenvalue weighted by Gasteiger charge is -2.40. The number of halogens is 1. The quantitative estimate of drug-likeness (QED) is 0.453. The molecule has 1 aliphatic heterocycles. The van der Waals surface area contributed by atoms with Gasteiger partial charge >= 0.3 is 5.97 Å². The molecule has 0 aliphatic carbocycles. The summed E-state index contributed by atoms with van der Waals surface area (Å²) in [6, 6.07) is 6.17. The minimum absolute atomic E-state index is 0.0556. The predicted octanol–water partition coefficient (Wildman–Crippen LogP) is 3.80. The van der Waals surface area contributed by atoms with Crippen molar-refractivity contribution in [2.45, 2.75) is 76.0 Å². The largest absolute Gasteiger partial charge is 0.460 e. The van der Waals surface area contributed by atoms with E-state index in [0.29, 0.717) is 6.42 Å². The fraction of sp³-hybridized carbons (Fsp3) is 0.632. The summed E-state index contributed by atoms with van der Waals surface area (Å²) in [6.45, 7) is 8.64. The molecule has 2 rings (SSSR count). The van der Waals surface area contributed by atoms with E-state index in [1.807, 2.05) is 0 Å². The molecule has 1 fully saturated rings. The fourth-order valence-electron chi connectivity index (χ4n) is 2.85. The third kappa shape index (κ3) is 7.44. The van der Waals surface area contributed by atoms with E-state index in [0.717, 1.165) is 4.47 Å². The van der Waals surface area contributed by atoms with Gasteiger partial charge in [0.1, 0.15) is 5.60 Å². The zero-order chi connectivity index (χ0) is 21.2. The molecule has 0 saturated carbocycles. The van der Waals surface area contributed by atoms with Crippen molar-refractivity contribution in [1.82, 2.24) is 0 Å². The van der Waals surface area contributed by atoms with E-state index >= 15 is 0 Å². The number of esters is 1. The van der Waals surface area contributed by atoms with Crippen molar-refractivity contribution < 1.29 is 31.6 Å². The van der Waals surface area contributed by atoms with E-state index < -0.39 is 33.7 Å². The summed E-state index contributed by atoms with van der Waals surface area (Å²) >= 11 is 3.26. The Morgan fingerprint density at radius 1 is 1.18 bits per heavy atom. The molecule has 158 valence electrons. The van der Waals surface area contributed by atoms with Crippen LogP contribution >= 0.6 is 15.9 Å². The molecular formula is C19H27BrO7S. The topological polar surface area (TPSA) is 88.1 Å². The summed E-state index contributed by atoms with van der Waals surface area (Å²) in [6.07, 6.45) is -0.623. The van der Waals surface area contributed by atoms with Crippen LogP contribution in [0.2, 0.25) is 0 Å². The number of ether oxygens (including phenoxy) is 3. The van der Waals surface area contributed by atoms with Gasteiger partial charge in [-0.25, -0.2) is 0 Å². The maximum Gasteiger partial charge on any atom is 0.308 e. The van der Waals surface area contributed by atoms with Crippen molar-refractivity contribution in [1.29, 1.82) is 0 Å². The van der Waals surface area contributed by atoms with Crippen molar-refractivity contribution >= 4 is 32.0 Å². The Bertz CT molecular complexity index is 781. The summed E-state index contributed by atoms with van der Waals surface area (Å²) in [5.74, 6) is -1.35. The minimum Gasteiger partial charge on any atom is -0.460 e. The maximum absolute atomic E-state index is 12.4. The van der Waals surface area contributed by atoms with Crippen LogP contribution in [0, 0.1) is 0 Å². The van der Waals surface area contributed by atoms with Crippen LogP contribution in [0.15, 0.2) is 33.6 Å². The van der Waals surface area contributed by atoms with Gasteiger partial charge in [0.05, 0.1) is 30.1 Å². The van der Waals surface area contributed by atoms with Crippen molar-refractivity contribution in [2.24, 2.45) is 0 Å². The molecule has 0 N–H and O–H groups in total. The van der Waals surface area contributed by atoms with Gasteiger partial charge in [0.15, 0.2) is 5.79 Å². The molecule has 7 nitrogen and oxygen atoms in total. The smallest absolute Gasteiger partial charge is 0.308 e. The van der Waals surface area contributed by atoms with Crippen molar-refractivity contribution in [3.8, 4) is 0 Å². The lowest BCUT2D eigenvalue weighted by Crippen LogP contribution is -2.47. The van der Waals surface area contributed by atoms with E-state index in [2.05, 4.69) is 15.9 Å². The Morgan fingerprint density at radius 2 is 1.75 bits per heavy atom. The highest BCUT2D eigenvalue weighted by atomic mass is 79.9. The van der Waals surface area contributed by atoms with Crippen LogP contribution < -0.4 is 0 Å². The Balaban J connectivity index is 1.98. The molecule has 1 saturated heterocycles. The van der Waals surface area contributed by atoms with Crippen molar-refractivity contribution in [3.05, 3.63) is 28.7 Å². The number of hydrogen-bond acceptors (Lipinski definition) is 7. The fourth-order valence-corrected chi connectivity index (χ4v) is 4.05. The van der Waals surface area contributed by atoms with Gasteiger partial charge in [-0.2, -0.15) is 8.42 Å². The van der Waals surface area contributed by atoms with E-state index in [9.17, 15) is 13.2 Å². The van der Waals surface area contributed by atoms with Crippen LogP contribution in [0.3, 0.4) is 0 Å². The van der Waals surface area contributed by atoms with Crippen molar-refractivity contribution in [3.63, 3.8) is 0 Å². The SMILES string of the molecule is CC(C)(C)OC(=O)C[C@@H]1C[C@H](COS(=O)(=O)c2ccc(Br)cc2)OC(C)(C)O1. The second kappa shape index (κ2) is 8.79. The predicted molar refractivity (Wildman–Crippen MR) is 106 cm³/mol. The molecule has 2 atom stereocenters.